The third-order valence-corrected chi connectivity index (χ3v) is 6.08. The van der Waals surface area contributed by atoms with Gasteiger partial charge in [0, 0.05) is 21.2 Å². The topological polar surface area (TPSA) is 90.0 Å². The van der Waals surface area contributed by atoms with Gasteiger partial charge in [0.05, 0.1) is 16.4 Å². The average molecular weight is 514 g/mol. The molecule has 0 spiro atoms. The first-order chi connectivity index (χ1) is 16.3. The van der Waals surface area contributed by atoms with E-state index in [9.17, 15) is 9.59 Å². The molecule has 2 amide bonds. The van der Waals surface area contributed by atoms with Crippen LogP contribution in [0.3, 0.4) is 0 Å². The van der Waals surface area contributed by atoms with Crippen molar-refractivity contribution in [3.05, 3.63) is 105 Å². The van der Waals surface area contributed by atoms with Crippen molar-refractivity contribution in [3.63, 3.8) is 0 Å². The molecule has 0 saturated carbocycles. The predicted molar refractivity (Wildman–Crippen MR) is 135 cm³/mol. The zero-order chi connectivity index (χ0) is 24.4. The highest BCUT2D eigenvalue weighted by Gasteiger charge is 2.27. The molecule has 0 aliphatic rings. The highest BCUT2D eigenvalue weighted by atomic mass is 35.5. The summed E-state index contributed by atoms with van der Waals surface area (Å²) in [5.74, 6) is -1.24. The van der Waals surface area contributed by atoms with E-state index in [-0.39, 0.29) is 5.69 Å². The summed E-state index contributed by atoms with van der Waals surface area (Å²) in [6, 6.07) is 19.9. The standard InChI is InChI=1S/C25H19Cl3N4O2/c1-14-21(25(34)30-22(24(29)33)15-5-3-2-4-6-15)31-32(20-12-11-18(27)13-19(20)28)23(14)16-7-9-17(26)10-8-16/h2-13,22H,1H3,(H2,29,33)(H,30,34). The second-order valence-electron chi connectivity index (χ2n) is 7.56. The van der Waals surface area contributed by atoms with E-state index < -0.39 is 17.9 Å². The molecule has 4 aromatic rings. The molecule has 3 N–H and O–H groups in total. The second kappa shape index (κ2) is 9.89. The Labute approximate surface area is 211 Å². The predicted octanol–water partition coefficient (Wildman–Crippen LogP) is 5.76. The van der Waals surface area contributed by atoms with Gasteiger partial charge in [0.15, 0.2) is 5.69 Å². The minimum absolute atomic E-state index is 0.123. The minimum Gasteiger partial charge on any atom is -0.368 e. The van der Waals surface area contributed by atoms with Crippen LogP contribution in [0.25, 0.3) is 16.9 Å². The molecule has 4 rings (SSSR count). The van der Waals surface area contributed by atoms with E-state index in [1.54, 1.807) is 66.2 Å². The molecule has 0 radical (unpaired) electrons. The van der Waals surface area contributed by atoms with Crippen LogP contribution in [0.5, 0.6) is 0 Å². The van der Waals surface area contributed by atoms with Crippen LogP contribution in [0.2, 0.25) is 15.1 Å². The van der Waals surface area contributed by atoms with Crippen LogP contribution < -0.4 is 11.1 Å². The van der Waals surface area contributed by atoms with Crippen molar-refractivity contribution in [1.29, 1.82) is 0 Å². The molecule has 1 aromatic heterocycles. The zero-order valence-electron chi connectivity index (χ0n) is 17.9. The number of nitrogens with zero attached hydrogens (tertiary/aromatic N) is 2. The van der Waals surface area contributed by atoms with E-state index in [2.05, 4.69) is 10.4 Å². The normalized spacial score (nSPS) is 11.8. The lowest BCUT2D eigenvalue weighted by atomic mass is 10.0. The number of rotatable bonds is 6. The first kappa shape index (κ1) is 23.8. The van der Waals surface area contributed by atoms with Crippen molar-refractivity contribution >= 4 is 46.6 Å². The Morgan fingerprint density at radius 2 is 1.59 bits per heavy atom. The quantitative estimate of drug-likeness (QED) is 0.343. The number of primary amides is 1. The number of carbonyl (C=O) groups is 2. The number of nitrogens with two attached hydrogens (primary N) is 1. The van der Waals surface area contributed by atoms with Gasteiger partial charge >= 0.3 is 0 Å². The van der Waals surface area contributed by atoms with E-state index in [1.807, 2.05) is 18.2 Å². The molecule has 172 valence electrons. The number of hydrogen-bond donors (Lipinski definition) is 2. The van der Waals surface area contributed by atoms with E-state index in [1.165, 1.54) is 0 Å². The minimum atomic E-state index is -1.02. The lowest BCUT2D eigenvalue weighted by molar-refractivity contribution is -0.120. The molecule has 0 saturated heterocycles. The molecule has 0 aliphatic carbocycles. The summed E-state index contributed by atoms with van der Waals surface area (Å²) >= 11 is 18.6. The van der Waals surface area contributed by atoms with Gasteiger partial charge in [-0.05, 0) is 42.8 Å². The summed E-state index contributed by atoms with van der Waals surface area (Å²) in [6.07, 6.45) is 0. The van der Waals surface area contributed by atoms with Crippen LogP contribution in [0, 0.1) is 6.92 Å². The number of hydrogen-bond acceptors (Lipinski definition) is 3. The first-order valence-corrected chi connectivity index (χ1v) is 11.4. The van der Waals surface area contributed by atoms with Crippen molar-refractivity contribution < 1.29 is 9.59 Å². The van der Waals surface area contributed by atoms with Crippen molar-refractivity contribution in [2.45, 2.75) is 13.0 Å². The SMILES string of the molecule is Cc1c(C(=O)NC(C(N)=O)c2ccccc2)nn(-c2ccc(Cl)cc2Cl)c1-c1ccc(Cl)cc1. The fourth-order valence-electron chi connectivity index (χ4n) is 3.65. The lowest BCUT2D eigenvalue weighted by Crippen LogP contribution is -2.37. The van der Waals surface area contributed by atoms with Gasteiger partial charge < -0.3 is 11.1 Å². The highest BCUT2D eigenvalue weighted by molar-refractivity contribution is 6.35. The third-order valence-electron chi connectivity index (χ3n) is 5.29. The summed E-state index contributed by atoms with van der Waals surface area (Å²) in [5, 5.41) is 8.67. The molecule has 0 bridgehead atoms. The van der Waals surface area contributed by atoms with Crippen LogP contribution in [0.1, 0.15) is 27.7 Å². The summed E-state index contributed by atoms with van der Waals surface area (Å²) in [4.78, 5) is 25.4. The molecule has 0 fully saturated rings. The van der Waals surface area contributed by atoms with Crippen molar-refractivity contribution in [3.8, 4) is 16.9 Å². The van der Waals surface area contributed by atoms with Gasteiger partial charge in [-0.2, -0.15) is 5.10 Å². The fraction of sp³-hybridized carbons (Fsp3) is 0.0800. The summed E-state index contributed by atoms with van der Waals surface area (Å²) < 4.78 is 1.58. The Morgan fingerprint density at radius 3 is 2.21 bits per heavy atom. The lowest BCUT2D eigenvalue weighted by Gasteiger charge is -2.15. The fourth-order valence-corrected chi connectivity index (χ4v) is 4.26. The number of nitrogens with one attached hydrogen (secondary N) is 1. The maximum Gasteiger partial charge on any atom is 0.272 e. The maximum atomic E-state index is 13.3. The van der Waals surface area contributed by atoms with Gasteiger partial charge in [-0.1, -0.05) is 77.3 Å². The van der Waals surface area contributed by atoms with E-state index in [4.69, 9.17) is 40.5 Å². The molecule has 6 nitrogen and oxygen atoms in total. The molecule has 1 atom stereocenters. The first-order valence-electron chi connectivity index (χ1n) is 10.2. The smallest absolute Gasteiger partial charge is 0.272 e. The van der Waals surface area contributed by atoms with Crippen molar-refractivity contribution in [2.24, 2.45) is 5.73 Å². The van der Waals surface area contributed by atoms with Gasteiger partial charge in [0.25, 0.3) is 5.91 Å². The van der Waals surface area contributed by atoms with Crippen LogP contribution in [-0.2, 0) is 4.79 Å². The van der Waals surface area contributed by atoms with Gasteiger partial charge in [-0.25, -0.2) is 4.68 Å². The van der Waals surface area contributed by atoms with Crippen LogP contribution in [0.4, 0.5) is 0 Å². The van der Waals surface area contributed by atoms with E-state index in [0.717, 1.165) is 5.56 Å². The molecule has 1 unspecified atom stereocenters. The van der Waals surface area contributed by atoms with Crippen molar-refractivity contribution in [2.75, 3.05) is 0 Å². The van der Waals surface area contributed by atoms with Gasteiger partial charge in [-0.15, -0.1) is 0 Å². The summed E-state index contributed by atoms with van der Waals surface area (Å²) in [6.45, 7) is 1.77. The molecule has 0 aliphatic heterocycles. The summed E-state index contributed by atoms with van der Waals surface area (Å²) in [5.41, 5.74) is 8.80. The number of carbonyl (C=O) groups excluding carboxylic acids is 2. The number of benzene rings is 3. The Balaban J connectivity index is 1.82. The Bertz CT molecular complexity index is 1370. The molecule has 34 heavy (non-hydrogen) atoms. The highest BCUT2D eigenvalue weighted by Crippen LogP contribution is 2.33. The number of amides is 2. The maximum absolute atomic E-state index is 13.3. The van der Waals surface area contributed by atoms with Crippen molar-refractivity contribution in [1.82, 2.24) is 15.1 Å². The number of aromatic nitrogens is 2. The Morgan fingerprint density at radius 1 is 0.941 bits per heavy atom. The molecular weight excluding hydrogens is 495 g/mol. The van der Waals surface area contributed by atoms with E-state index >= 15 is 0 Å². The second-order valence-corrected chi connectivity index (χ2v) is 8.84. The molecular formula is C25H19Cl3N4O2. The largest absolute Gasteiger partial charge is 0.368 e. The third kappa shape index (κ3) is 4.80. The average Bonchev–Trinajstić information content (AvgIpc) is 3.15. The monoisotopic (exact) mass is 512 g/mol. The molecule has 9 heteroatoms. The summed E-state index contributed by atoms with van der Waals surface area (Å²) in [7, 11) is 0. The molecule has 1 heterocycles. The van der Waals surface area contributed by atoms with Gasteiger partial charge in [0.1, 0.15) is 6.04 Å². The van der Waals surface area contributed by atoms with Gasteiger partial charge in [0.2, 0.25) is 5.91 Å². The van der Waals surface area contributed by atoms with Crippen LogP contribution in [0.15, 0.2) is 72.8 Å². The molecule has 3 aromatic carbocycles. The number of halogens is 3. The van der Waals surface area contributed by atoms with Gasteiger partial charge in [-0.3, -0.25) is 9.59 Å². The Kier molecular flexibility index (Phi) is 6.93. The zero-order valence-corrected chi connectivity index (χ0v) is 20.2. The van der Waals surface area contributed by atoms with E-state index in [0.29, 0.717) is 37.6 Å². The Hall–Kier alpha value is -3.32. The van der Waals surface area contributed by atoms with Crippen LogP contribution in [-0.4, -0.2) is 21.6 Å². The van der Waals surface area contributed by atoms with Crippen LogP contribution >= 0.6 is 34.8 Å².